The van der Waals surface area contributed by atoms with Gasteiger partial charge >= 0.3 is 0 Å². The third-order valence-corrected chi connectivity index (χ3v) is 2.48. The maximum absolute atomic E-state index is 5.38. The average molecular weight is 292 g/mol. The van der Waals surface area contributed by atoms with Gasteiger partial charge in [-0.25, -0.2) is 0 Å². The molecule has 0 aliphatic carbocycles. The normalized spacial score (nSPS) is 11.1. The van der Waals surface area contributed by atoms with Gasteiger partial charge < -0.3 is 23.7 Å². The van der Waals surface area contributed by atoms with E-state index >= 15 is 0 Å². The first-order chi connectivity index (χ1) is 9.91. The van der Waals surface area contributed by atoms with Crippen LogP contribution in [0.25, 0.3) is 0 Å². The molecule has 0 fully saturated rings. The van der Waals surface area contributed by atoms with Gasteiger partial charge in [-0.1, -0.05) is 20.3 Å². The lowest BCUT2D eigenvalue weighted by Gasteiger charge is -2.07. The minimum Gasteiger partial charge on any atom is -0.379 e. The van der Waals surface area contributed by atoms with Gasteiger partial charge in [-0.15, -0.1) is 0 Å². The standard InChI is InChI=1S/C15H32O5/c1-3-5-7-17-9-11-19-13-15-20-14-12-18-10-8-16-6-4-2/h3-15H2,1-2H3. The molecule has 0 heterocycles. The van der Waals surface area contributed by atoms with E-state index in [2.05, 4.69) is 13.8 Å². The summed E-state index contributed by atoms with van der Waals surface area (Å²) in [6, 6.07) is 0. The van der Waals surface area contributed by atoms with E-state index in [-0.39, 0.29) is 0 Å². The number of unbranched alkanes of at least 4 members (excludes halogenated alkanes) is 1. The number of rotatable bonds is 17. The first-order valence-corrected chi connectivity index (χ1v) is 7.80. The van der Waals surface area contributed by atoms with Crippen molar-refractivity contribution in [2.75, 3.05) is 66.1 Å². The van der Waals surface area contributed by atoms with Crippen LogP contribution in [0.4, 0.5) is 0 Å². The molecule has 5 nitrogen and oxygen atoms in total. The maximum Gasteiger partial charge on any atom is 0.0701 e. The molecule has 0 saturated carbocycles. The molecule has 0 aromatic heterocycles. The lowest BCUT2D eigenvalue weighted by Crippen LogP contribution is -2.13. The molecule has 0 saturated heterocycles. The monoisotopic (exact) mass is 292 g/mol. The van der Waals surface area contributed by atoms with Gasteiger partial charge in [-0.05, 0) is 12.8 Å². The van der Waals surface area contributed by atoms with Crippen LogP contribution in [0.3, 0.4) is 0 Å². The van der Waals surface area contributed by atoms with Crippen LogP contribution in [0.5, 0.6) is 0 Å². The Morgan fingerprint density at radius 2 is 0.750 bits per heavy atom. The molecule has 20 heavy (non-hydrogen) atoms. The molecule has 0 aliphatic heterocycles. The maximum atomic E-state index is 5.38. The highest BCUT2D eigenvalue weighted by atomic mass is 16.6. The van der Waals surface area contributed by atoms with Crippen molar-refractivity contribution in [1.82, 2.24) is 0 Å². The molecule has 0 N–H and O–H groups in total. The van der Waals surface area contributed by atoms with Crippen molar-refractivity contribution < 1.29 is 23.7 Å². The summed E-state index contributed by atoms with van der Waals surface area (Å²) in [5.41, 5.74) is 0. The fourth-order valence-corrected chi connectivity index (χ4v) is 1.37. The van der Waals surface area contributed by atoms with Gasteiger partial charge in [-0.3, -0.25) is 0 Å². The third-order valence-electron chi connectivity index (χ3n) is 2.48. The quantitative estimate of drug-likeness (QED) is 0.385. The number of hydrogen-bond donors (Lipinski definition) is 0. The van der Waals surface area contributed by atoms with E-state index in [4.69, 9.17) is 23.7 Å². The Morgan fingerprint density at radius 3 is 1.10 bits per heavy atom. The molecule has 0 amide bonds. The summed E-state index contributed by atoms with van der Waals surface area (Å²) in [6.07, 6.45) is 3.33. The van der Waals surface area contributed by atoms with E-state index in [0.29, 0.717) is 52.9 Å². The molecule has 0 unspecified atom stereocenters. The minimum absolute atomic E-state index is 0.601. The van der Waals surface area contributed by atoms with Crippen molar-refractivity contribution in [3.05, 3.63) is 0 Å². The van der Waals surface area contributed by atoms with Crippen LogP contribution < -0.4 is 0 Å². The Kier molecular flexibility index (Phi) is 18.6. The first kappa shape index (κ1) is 19.8. The molecular weight excluding hydrogens is 260 g/mol. The van der Waals surface area contributed by atoms with Crippen molar-refractivity contribution in [1.29, 1.82) is 0 Å². The van der Waals surface area contributed by atoms with E-state index < -0.39 is 0 Å². The molecule has 0 bridgehead atoms. The van der Waals surface area contributed by atoms with E-state index in [9.17, 15) is 0 Å². The van der Waals surface area contributed by atoms with Crippen LogP contribution in [0.2, 0.25) is 0 Å². The van der Waals surface area contributed by atoms with E-state index in [0.717, 1.165) is 26.1 Å². The highest BCUT2D eigenvalue weighted by molar-refractivity contribution is 4.36. The Morgan fingerprint density at radius 1 is 0.400 bits per heavy atom. The second-order valence-corrected chi connectivity index (χ2v) is 4.42. The zero-order valence-corrected chi connectivity index (χ0v) is 13.2. The van der Waals surface area contributed by atoms with Crippen molar-refractivity contribution in [3.63, 3.8) is 0 Å². The zero-order valence-electron chi connectivity index (χ0n) is 13.2. The van der Waals surface area contributed by atoms with E-state index in [1.54, 1.807) is 0 Å². The highest BCUT2D eigenvalue weighted by Gasteiger charge is 1.93. The molecule has 0 rings (SSSR count). The summed E-state index contributed by atoms with van der Waals surface area (Å²) in [7, 11) is 0. The number of hydrogen-bond acceptors (Lipinski definition) is 5. The summed E-state index contributed by atoms with van der Waals surface area (Å²) in [5, 5.41) is 0. The lowest BCUT2D eigenvalue weighted by atomic mass is 10.4. The molecule has 0 spiro atoms. The summed E-state index contributed by atoms with van der Waals surface area (Å²) in [4.78, 5) is 0. The van der Waals surface area contributed by atoms with Crippen LogP contribution in [-0.4, -0.2) is 66.1 Å². The second kappa shape index (κ2) is 18.8. The molecule has 122 valence electrons. The molecule has 0 aromatic carbocycles. The van der Waals surface area contributed by atoms with Crippen molar-refractivity contribution in [3.8, 4) is 0 Å². The third kappa shape index (κ3) is 17.8. The van der Waals surface area contributed by atoms with Crippen LogP contribution in [0, 0.1) is 0 Å². The first-order valence-electron chi connectivity index (χ1n) is 7.80. The second-order valence-electron chi connectivity index (χ2n) is 4.42. The van der Waals surface area contributed by atoms with Crippen molar-refractivity contribution in [2.24, 2.45) is 0 Å². The van der Waals surface area contributed by atoms with Crippen molar-refractivity contribution in [2.45, 2.75) is 33.1 Å². The molecule has 0 atom stereocenters. The van der Waals surface area contributed by atoms with E-state index in [1.807, 2.05) is 0 Å². The van der Waals surface area contributed by atoms with E-state index in [1.165, 1.54) is 6.42 Å². The lowest BCUT2D eigenvalue weighted by molar-refractivity contribution is -0.0111. The SMILES string of the molecule is CCCCOCCOCCOCCOCCOCCC. The van der Waals surface area contributed by atoms with Gasteiger partial charge in [0.15, 0.2) is 0 Å². The average Bonchev–Trinajstić information content (AvgIpc) is 2.47. The topological polar surface area (TPSA) is 46.2 Å². The van der Waals surface area contributed by atoms with Crippen LogP contribution in [-0.2, 0) is 23.7 Å². The zero-order chi connectivity index (χ0) is 14.7. The summed E-state index contributed by atoms with van der Waals surface area (Å²) >= 11 is 0. The van der Waals surface area contributed by atoms with Crippen LogP contribution >= 0.6 is 0 Å². The fourth-order valence-electron chi connectivity index (χ4n) is 1.37. The Balaban J connectivity index is 2.89. The predicted molar refractivity (Wildman–Crippen MR) is 79.3 cm³/mol. The Labute approximate surface area is 123 Å². The Bertz CT molecular complexity index is 148. The van der Waals surface area contributed by atoms with Gasteiger partial charge in [0.1, 0.15) is 0 Å². The minimum atomic E-state index is 0.601. The molecule has 0 aromatic rings. The molecule has 5 heteroatoms. The smallest absolute Gasteiger partial charge is 0.0701 e. The van der Waals surface area contributed by atoms with Gasteiger partial charge in [-0.2, -0.15) is 0 Å². The largest absolute Gasteiger partial charge is 0.379 e. The number of ether oxygens (including phenoxy) is 5. The molecular formula is C15H32O5. The summed E-state index contributed by atoms with van der Waals surface area (Å²) in [5.74, 6) is 0. The fraction of sp³-hybridized carbons (Fsp3) is 1.00. The molecule has 0 radical (unpaired) electrons. The van der Waals surface area contributed by atoms with Gasteiger partial charge in [0.25, 0.3) is 0 Å². The van der Waals surface area contributed by atoms with Crippen LogP contribution in [0.1, 0.15) is 33.1 Å². The predicted octanol–water partition coefficient (Wildman–Crippen LogP) is 2.28. The van der Waals surface area contributed by atoms with Crippen molar-refractivity contribution >= 4 is 0 Å². The van der Waals surface area contributed by atoms with Gasteiger partial charge in [0.2, 0.25) is 0 Å². The van der Waals surface area contributed by atoms with Gasteiger partial charge in [0.05, 0.1) is 52.9 Å². The summed E-state index contributed by atoms with van der Waals surface area (Å²) < 4.78 is 26.8. The highest BCUT2D eigenvalue weighted by Crippen LogP contribution is 1.88. The van der Waals surface area contributed by atoms with Gasteiger partial charge in [0, 0.05) is 13.2 Å². The summed E-state index contributed by atoms with van der Waals surface area (Å²) in [6.45, 7) is 10.9. The van der Waals surface area contributed by atoms with Crippen LogP contribution in [0.15, 0.2) is 0 Å². The Hall–Kier alpha value is -0.200. The molecule has 0 aliphatic rings.